The van der Waals surface area contributed by atoms with Crippen LogP contribution in [0.3, 0.4) is 0 Å². The smallest absolute Gasteiger partial charge is 0.324 e. The maximum atomic E-state index is 13.2. The number of carbonyl (C=O) groups excluding carboxylic acids is 3. The Morgan fingerprint density at radius 1 is 1.06 bits per heavy atom. The number of urea groups is 1. The summed E-state index contributed by atoms with van der Waals surface area (Å²) >= 11 is 0. The normalized spacial score (nSPS) is 21.1. The Kier molecular flexibility index (Phi) is 6.95. The standard InChI is InChI=1S/C25H30N4O5S/c1-3-25(19-10-6-4-7-11-19)23(31)29(24(32)27-25)17-22(30)26-20-13-12-18(2)21(16-20)35(33,34)28-14-8-5-9-15-28/h4,6-7,10-13,16H,3,5,8-9,14-15,17H2,1-2H3,(H,26,30)(H,27,32). The zero-order chi connectivity index (χ0) is 25.2. The molecule has 4 amide bonds. The van der Waals surface area contributed by atoms with Gasteiger partial charge in [-0.1, -0.05) is 49.7 Å². The number of imide groups is 1. The van der Waals surface area contributed by atoms with Crippen molar-refractivity contribution in [3.63, 3.8) is 0 Å². The van der Waals surface area contributed by atoms with Gasteiger partial charge in [0, 0.05) is 18.8 Å². The molecular weight excluding hydrogens is 468 g/mol. The SMILES string of the molecule is CCC1(c2ccccc2)NC(=O)N(CC(=O)Nc2ccc(C)c(S(=O)(=O)N3CCCCC3)c2)C1=O. The molecule has 2 aromatic rings. The van der Waals surface area contributed by atoms with E-state index >= 15 is 0 Å². The first kappa shape index (κ1) is 24.9. The van der Waals surface area contributed by atoms with Crippen LogP contribution in [0.5, 0.6) is 0 Å². The van der Waals surface area contributed by atoms with Crippen molar-refractivity contribution >= 4 is 33.6 Å². The molecule has 0 saturated carbocycles. The fourth-order valence-corrected chi connectivity index (χ4v) is 6.44. The molecular formula is C25H30N4O5S. The third-order valence-electron chi connectivity index (χ3n) is 6.68. The van der Waals surface area contributed by atoms with E-state index in [1.807, 2.05) is 6.07 Å². The lowest BCUT2D eigenvalue weighted by Crippen LogP contribution is -2.44. The molecule has 35 heavy (non-hydrogen) atoms. The Morgan fingerprint density at radius 3 is 2.40 bits per heavy atom. The van der Waals surface area contributed by atoms with Crippen LogP contribution in [-0.2, 0) is 25.2 Å². The highest BCUT2D eigenvalue weighted by atomic mass is 32.2. The number of hydrogen-bond donors (Lipinski definition) is 2. The predicted octanol–water partition coefficient (Wildman–Crippen LogP) is 2.97. The lowest BCUT2D eigenvalue weighted by Gasteiger charge is -2.26. The van der Waals surface area contributed by atoms with Crippen molar-refractivity contribution in [3.05, 3.63) is 59.7 Å². The minimum atomic E-state index is -3.69. The molecule has 2 aromatic carbocycles. The van der Waals surface area contributed by atoms with Gasteiger partial charge < -0.3 is 10.6 Å². The molecule has 2 N–H and O–H groups in total. The first-order chi connectivity index (χ1) is 16.7. The summed E-state index contributed by atoms with van der Waals surface area (Å²) in [6.07, 6.45) is 2.98. The van der Waals surface area contributed by atoms with E-state index in [9.17, 15) is 22.8 Å². The van der Waals surface area contributed by atoms with Gasteiger partial charge in [0.25, 0.3) is 5.91 Å². The Labute approximate surface area is 205 Å². The summed E-state index contributed by atoms with van der Waals surface area (Å²) in [7, 11) is -3.69. The van der Waals surface area contributed by atoms with Crippen LogP contribution >= 0.6 is 0 Å². The molecule has 2 heterocycles. The number of anilines is 1. The monoisotopic (exact) mass is 498 g/mol. The quantitative estimate of drug-likeness (QED) is 0.570. The molecule has 0 aliphatic carbocycles. The minimum absolute atomic E-state index is 0.140. The Morgan fingerprint density at radius 2 is 1.74 bits per heavy atom. The molecule has 1 unspecified atom stereocenters. The first-order valence-electron chi connectivity index (χ1n) is 11.8. The van der Waals surface area contributed by atoms with E-state index < -0.39 is 40.0 Å². The average molecular weight is 499 g/mol. The maximum Gasteiger partial charge on any atom is 0.325 e. The van der Waals surface area contributed by atoms with Gasteiger partial charge in [0.05, 0.1) is 4.90 Å². The van der Waals surface area contributed by atoms with Gasteiger partial charge in [0.1, 0.15) is 12.1 Å². The zero-order valence-electron chi connectivity index (χ0n) is 19.9. The maximum absolute atomic E-state index is 13.2. The van der Waals surface area contributed by atoms with Crippen LogP contribution in [0.25, 0.3) is 0 Å². The molecule has 10 heteroatoms. The van der Waals surface area contributed by atoms with Crippen molar-refractivity contribution in [3.8, 4) is 0 Å². The Balaban J connectivity index is 1.51. The second-order valence-electron chi connectivity index (χ2n) is 8.94. The average Bonchev–Trinajstić information content (AvgIpc) is 3.11. The predicted molar refractivity (Wildman–Crippen MR) is 131 cm³/mol. The van der Waals surface area contributed by atoms with Crippen molar-refractivity contribution in [2.45, 2.75) is 50.0 Å². The summed E-state index contributed by atoms with van der Waals surface area (Å²) < 4.78 is 27.8. The summed E-state index contributed by atoms with van der Waals surface area (Å²) in [5.74, 6) is -1.10. The molecule has 186 valence electrons. The summed E-state index contributed by atoms with van der Waals surface area (Å²) in [4.78, 5) is 39.7. The van der Waals surface area contributed by atoms with Crippen molar-refractivity contribution in [2.75, 3.05) is 25.0 Å². The largest absolute Gasteiger partial charge is 0.325 e. The molecule has 2 aliphatic heterocycles. The van der Waals surface area contributed by atoms with E-state index in [2.05, 4.69) is 10.6 Å². The first-order valence-corrected chi connectivity index (χ1v) is 13.2. The third kappa shape index (κ3) is 4.68. The topological polar surface area (TPSA) is 116 Å². The van der Waals surface area contributed by atoms with Crippen molar-refractivity contribution in [1.29, 1.82) is 0 Å². The zero-order valence-corrected chi connectivity index (χ0v) is 20.7. The van der Waals surface area contributed by atoms with Gasteiger partial charge in [-0.05, 0) is 49.4 Å². The number of benzene rings is 2. The van der Waals surface area contributed by atoms with Crippen LogP contribution < -0.4 is 10.6 Å². The van der Waals surface area contributed by atoms with E-state index in [1.54, 1.807) is 50.2 Å². The Bertz CT molecular complexity index is 1240. The molecule has 0 radical (unpaired) electrons. The summed E-state index contributed by atoms with van der Waals surface area (Å²) in [6.45, 7) is 3.98. The van der Waals surface area contributed by atoms with Gasteiger partial charge in [0.15, 0.2) is 0 Å². The highest BCUT2D eigenvalue weighted by Gasteiger charge is 2.51. The molecule has 2 fully saturated rings. The minimum Gasteiger partial charge on any atom is -0.324 e. The summed E-state index contributed by atoms with van der Waals surface area (Å²) in [5, 5.41) is 5.39. The van der Waals surface area contributed by atoms with E-state index in [0.717, 1.165) is 24.2 Å². The lowest BCUT2D eigenvalue weighted by molar-refractivity contribution is -0.134. The van der Waals surface area contributed by atoms with Gasteiger partial charge in [-0.3, -0.25) is 14.5 Å². The number of amides is 4. The van der Waals surface area contributed by atoms with Crippen LogP contribution in [-0.4, -0.2) is 55.1 Å². The number of carbonyl (C=O) groups is 3. The van der Waals surface area contributed by atoms with E-state index in [-0.39, 0.29) is 10.6 Å². The number of rotatable bonds is 7. The van der Waals surface area contributed by atoms with Gasteiger partial charge in [-0.2, -0.15) is 4.31 Å². The van der Waals surface area contributed by atoms with Gasteiger partial charge >= 0.3 is 6.03 Å². The van der Waals surface area contributed by atoms with Crippen LogP contribution in [0.4, 0.5) is 10.5 Å². The summed E-state index contributed by atoms with van der Waals surface area (Å²) in [5.41, 5.74) is 0.291. The number of aryl methyl sites for hydroxylation is 1. The van der Waals surface area contributed by atoms with E-state index in [0.29, 0.717) is 30.6 Å². The van der Waals surface area contributed by atoms with Crippen LogP contribution in [0, 0.1) is 6.92 Å². The molecule has 0 aromatic heterocycles. The molecule has 1 atom stereocenters. The number of hydrogen-bond acceptors (Lipinski definition) is 5. The van der Waals surface area contributed by atoms with Crippen molar-refractivity contribution in [1.82, 2.24) is 14.5 Å². The van der Waals surface area contributed by atoms with E-state index in [4.69, 9.17) is 0 Å². The molecule has 0 bridgehead atoms. The highest BCUT2D eigenvalue weighted by Crippen LogP contribution is 2.32. The van der Waals surface area contributed by atoms with Crippen molar-refractivity contribution in [2.24, 2.45) is 0 Å². The number of nitrogens with zero attached hydrogens (tertiary/aromatic N) is 2. The number of piperidine rings is 1. The number of sulfonamides is 1. The molecule has 4 rings (SSSR count). The lowest BCUT2D eigenvalue weighted by atomic mass is 9.87. The van der Waals surface area contributed by atoms with Gasteiger partial charge in [-0.25, -0.2) is 13.2 Å². The molecule has 2 saturated heterocycles. The van der Waals surface area contributed by atoms with Gasteiger partial charge in [-0.15, -0.1) is 0 Å². The van der Waals surface area contributed by atoms with E-state index in [1.165, 1.54) is 10.4 Å². The molecule has 2 aliphatic rings. The fraction of sp³-hybridized carbons (Fsp3) is 0.400. The van der Waals surface area contributed by atoms with Crippen LogP contribution in [0.1, 0.15) is 43.7 Å². The molecule has 0 spiro atoms. The second-order valence-corrected chi connectivity index (χ2v) is 10.8. The second kappa shape index (κ2) is 9.79. The number of nitrogens with one attached hydrogen (secondary N) is 2. The van der Waals surface area contributed by atoms with Crippen LogP contribution in [0.15, 0.2) is 53.4 Å². The third-order valence-corrected chi connectivity index (χ3v) is 8.72. The summed E-state index contributed by atoms with van der Waals surface area (Å²) in [6, 6.07) is 13.0. The van der Waals surface area contributed by atoms with Gasteiger partial charge in [0.2, 0.25) is 15.9 Å². The highest BCUT2D eigenvalue weighted by molar-refractivity contribution is 7.89. The molecule has 9 nitrogen and oxygen atoms in total. The van der Waals surface area contributed by atoms with Crippen molar-refractivity contribution < 1.29 is 22.8 Å². The fourth-order valence-electron chi connectivity index (χ4n) is 4.68. The van der Waals surface area contributed by atoms with Crippen LogP contribution in [0.2, 0.25) is 0 Å². The Hall–Kier alpha value is -3.24.